The zero-order valence-corrected chi connectivity index (χ0v) is 11.5. The molecule has 0 fully saturated rings. The first-order valence-corrected chi connectivity index (χ1v) is 8.17. The molecular formula is C5H5Cl6OP. The number of hydrogen-bond acceptors (Lipinski definition) is 1. The highest BCUT2D eigenvalue weighted by molar-refractivity contribution is 8.11. The molecule has 0 aliphatic heterocycles. The van der Waals surface area contributed by atoms with Crippen LogP contribution in [0, 0.1) is 0 Å². The van der Waals surface area contributed by atoms with E-state index in [4.69, 9.17) is 68.9 Å². The van der Waals surface area contributed by atoms with Gasteiger partial charge in [-0.15, -0.1) is 11.6 Å². The number of allylic oxidation sites excluding steroid dienone is 2. The second-order valence-corrected chi connectivity index (χ2v) is 9.98. The van der Waals surface area contributed by atoms with Crippen LogP contribution < -0.4 is 0 Å². The molecule has 0 aromatic heterocycles. The van der Waals surface area contributed by atoms with E-state index in [1.165, 1.54) is 6.08 Å². The summed E-state index contributed by atoms with van der Waals surface area (Å²) in [6.45, 7) is 0. The Balaban J connectivity index is 4.52. The van der Waals surface area contributed by atoms with E-state index in [9.17, 15) is 4.57 Å². The third-order valence-corrected chi connectivity index (χ3v) is 6.89. The van der Waals surface area contributed by atoms with E-state index in [1.54, 1.807) is 0 Å². The summed E-state index contributed by atoms with van der Waals surface area (Å²) in [5, 5.41) is 0.265. The van der Waals surface area contributed by atoms with E-state index in [2.05, 4.69) is 0 Å². The maximum atomic E-state index is 11.1. The molecule has 0 aromatic rings. The van der Waals surface area contributed by atoms with Gasteiger partial charge in [-0.05, 0) is 22.5 Å². The molecule has 8 heteroatoms. The van der Waals surface area contributed by atoms with Crippen LogP contribution in [0.1, 0.15) is 6.42 Å². The summed E-state index contributed by atoms with van der Waals surface area (Å²) in [4.78, 5) is 0. The zero-order valence-electron chi connectivity index (χ0n) is 6.11. The first-order chi connectivity index (χ1) is 5.70. The minimum absolute atomic E-state index is 0.103. The summed E-state index contributed by atoms with van der Waals surface area (Å²) in [6, 6.07) is 0. The Labute approximate surface area is 106 Å². The molecule has 0 spiro atoms. The lowest BCUT2D eigenvalue weighted by atomic mass is 10.4. The van der Waals surface area contributed by atoms with Crippen molar-refractivity contribution in [2.75, 3.05) is 5.88 Å². The minimum atomic E-state index is -3.64. The molecule has 0 amide bonds. The van der Waals surface area contributed by atoms with Gasteiger partial charge in [0.05, 0.1) is 0 Å². The molecule has 1 nitrogen and oxygen atoms in total. The van der Waals surface area contributed by atoms with Crippen molar-refractivity contribution in [1.82, 2.24) is 0 Å². The summed E-state index contributed by atoms with van der Waals surface area (Å²) in [5.74, 6) is -3.43. The normalized spacial score (nSPS) is 14.8. The smallest absolute Gasteiger partial charge is 0.286 e. The molecule has 0 saturated carbocycles. The quantitative estimate of drug-likeness (QED) is 0.490. The number of alkyl halides is 3. The average molecular weight is 325 g/mol. The van der Waals surface area contributed by atoms with Gasteiger partial charge in [-0.1, -0.05) is 40.9 Å². The second-order valence-electron chi connectivity index (χ2n) is 2.11. The third kappa shape index (κ3) is 5.37. The molecule has 0 aromatic carbocycles. The van der Waals surface area contributed by atoms with Crippen molar-refractivity contribution in [3.05, 3.63) is 11.1 Å². The molecule has 78 valence electrons. The second kappa shape index (κ2) is 5.70. The molecule has 13 heavy (non-hydrogen) atoms. The van der Waals surface area contributed by atoms with Crippen molar-refractivity contribution in [1.29, 1.82) is 0 Å². The van der Waals surface area contributed by atoms with Crippen LogP contribution in [0.2, 0.25) is 0 Å². The zero-order chi connectivity index (χ0) is 10.7. The van der Waals surface area contributed by atoms with Crippen LogP contribution in [0.15, 0.2) is 11.1 Å². The first kappa shape index (κ1) is 14.7. The molecule has 0 N–H and O–H groups in total. The highest BCUT2D eigenvalue weighted by Gasteiger charge is 2.43. The van der Waals surface area contributed by atoms with E-state index in [-0.39, 0.29) is 17.3 Å². The lowest BCUT2D eigenvalue weighted by molar-refractivity contribution is 0.588. The molecule has 0 atom stereocenters. The monoisotopic (exact) mass is 322 g/mol. The van der Waals surface area contributed by atoms with Crippen LogP contribution in [0.5, 0.6) is 0 Å². The van der Waals surface area contributed by atoms with Gasteiger partial charge in [-0.3, -0.25) is 4.57 Å². The Morgan fingerprint density at radius 1 is 1.38 bits per heavy atom. The fraction of sp³-hybridized carbons (Fsp3) is 0.600. The summed E-state index contributed by atoms with van der Waals surface area (Å²) in [7, 11) is 0. The van der Waals surface area contributed by atoms with E-state index in [0.717, 1.165) is 0 Å². The van der Waals surface area contributed by atoms with Crippen molar-refractivity contribution in [3.8, 4) is 0 Å². The Bertz CT molecular complexity index is 243. The van der Waals surface area contributed by atoms with E-state index in [0.29, 0.717) is 0 Å². The van der Waals surface area contributed by atoms with Gasteiger partial charge in [0.15, 0.2) is 0 Å². The molecule has 0 heterocycles. The minimum Gasteiger partial charge on any atom is -0.286 e. The van der Waals surface area contributed by atoms with E-state index < -0.39 is 9.92 Å². The van der Waals surface area contributed by atoms with Gasteiger partial charge in [-0.2, -0.15) is 0 Å². The lowest BCUT2D eigenvalue weighted by Gasteiger charge is -2.19. The van der Waals surface area contributed by atoms with Crippen molar-refractivity contribution in [3.63, 3.8) is 0 Å². The molecule has 0 unspecified atom stereocenters. The maximum absolute atomic E-state index is 11.1. The summed E-state index contributed by atoms with van der Waals surface area (Å²) >= 11 is 32.8. The molecule has 0 aliphatic rings. The van der Waals surface area contributed by atoms with Gasteiger partial charge in [0.25, 0.3) is 5.85 Å². The predicted molar refractivity (Wildman–Crippen MR) is 63.0 cm³/mol. The van der Waals surface area contributed by atoms with Crippen LogP contribution >= 0.6 is 74.7 Å². The van der Waals surface area contributed by atoms with Crippen LogP contribution in [0.3, 0.4) is 0 Å². The Hall–Kier alpha value is 1.71. The summed E-state index contributed by atoms with van der Waals surface area (Å²) < 4.78 is 9.36. The lowest BCUT2D eigenvalue weighted by Crippen LogP contribution is -2.07. The van der Waals surface area contributed by atoms with Gasteiger partial charge >= 0.3 is 0 Å². The number of hydrogen-bond donors (Lipinski definition) is 0. The highest BCUT2D eigenvalue weighted by atomic mass is 35.9. The molecule has 0 aliphatic carbocycles. The molecular weight excluding hydrogens is 320 g/mol. The number of rotatable bonds is 4. The average Bonchev–Trinajstić information content (AvgIpc) is 1.83. The van der Waals surface area contributed by atoms with E-state index >= 15 is 0 Å². The highest BCUT2D eigenvalue weighted by Crippen LogP contribution is 2.72. The molecule has 0 radical (unpaired) electrons. The van der Waals surface area contributed by atoms with Crippen molar-refractivity contribution in [2.24, 2.45) is 0 Å². The van der Waals surface area contributed by atoms with Gasteiger partial charge < -0.3 is 0 Å². The molecule has 0 rings (SSSR count). The molecule has 0 bridgehead atoms. The first-order valence-electron chi connectivity index (χ1n) is 2.98. The Kier molecular flexibility index (Phi) is 6.45. The fourth-order valence-electron chi connectivity index (χ4n) is 0.451. The summed E-state index contributed by atoms with van der Waals surface area (Å²) in [6.07, 6.45) is 1.36. The maximum Gasteiger partial charge on any atom is 0.288 e. The van der Waals surface area contributed by atoms with Gasteiger partial charge in [-0.25, -0.2) is 0 Å². The SMILES string of the molecule is O=P(Cl)(Cl)C(Cl)(Cl)CC(Cl)=CCCl. The van der Waals surface area contributed by atoms with Crippen LogP contribution in [0.4, 0.5) is 0 Å². The predicted octanol–water partition coefficient (Wildman–Crippen LogP) is 5.54. The topological polar surface area (TPSA) is 17.1 Å². The van der Waals surface area contributed by atoms with Crippen molar-refractivity contribution in [2.45, 2.75) is 10.5 Å². The fourth-order valence-corrected chi connectivity index (χ4v) is 2.22. The standard InChI is InChI=1S/C5H5Cl6OP/c6-2-1-4(7)3-5(8,9)13(10,11)12/h1H,2-3H2. The van der Waals surface area contributed by atoms with E-state index in [1.807, 2.05) is 0 Å². The third-order valence-electron chi connectivity index (χ3n) is 1.06. The van der Waals surface area contributed by atoms with Crippen LogP contribution in [-0.2, 0) is 4.57 Å². The van der Waals surface area contributed by atoms with Crippen LogP contribution in [0.25, 0.3) is 0 Å². The van der Waals surface area contributed by atoms with Gasteiger partial charge in [0.2, 0.25) is 4.07 Å². The molecule has 0 saturated heterocycles. The van der Waals surface area contributed by atoms with Gasteiger partial charge in [0, 0.05) is 17.3 Å². The van der Waals surface area contributed by atoms with Crippen LogP contribution in [-0.4, -0.2) is 9.95 Å². The largest absolute Gasteiger partial charge is 0.288 e. The van der Waals surface area contributed by atoms with Crippen molar-refractivity contribution < 1.29 is 4.57 Å². The number of halogens is 6. The Morgan fingerprint density at radius 3 is 2.15 bits per heavy atom. The van der Waals surface area contributed by atoms with Crippen molar-refractivity contribution >= 4 is 74.7 Å². The Morgan fingerprint density at radius 2 is 1.85 bits per heavy atom. The summed E-state index contributed by atoms with van der Waals surface area (Å²) in [5.41, 5.74) is 0. The van der Waals surface area contributed by atoms with Gasteiger partial charge in [0.1, 0.15) is 0 Å².